The van der Waals surface area contributed by atoms with Gasteiger partial charge in [-0.1, -0.05) is 36.4 Å². The maximum Gasteiger partial charge on any atom is 0.416 e. The number of alkyl halides is 3. The zero-order valence-electron chi connectivity index (χ0n) is 18.1. The summed E-state index contributed by atoms with van der Waals surface area (Å²) in [4.78, 5) is 4.30. The number of ether oxygens (including phenoxy) is 1. The summed E-state index contributed by atoms with van der Waals surface area (Å²) >= 11 is 0. The topological polar surface area (TPSA) is 15.7 Å². The molecule has 0 N–H and O–H groups in total. The van der Waals surface area contributed by atoms with Crippen molar-refractivity contribution in [3.05, 3.63) is 95.8 Å². The fourth-order valence-electron chi connectivity index (χ4n) is 4.05. The molecule has 1 saturated heterocycles. The molecule has 1 aliphatic heterocycles. The van der Waals surface area contributed by atoms with Gasteiger partial charge in [-0.25, -0.2) is 4.39 Å². The van der Waals surface area contributed by atoms with E-state index in [4.69, 9.17) is 4.74 Å². The fraction of sp³-hybridized carbons (Fsp3) is 0.308. The van der Waals surface area contributed by atoms with Gasteiger partial charge in [0.1, 0.15) is 17.7 Å². The van der Waals surface area contributed by atoms with Crippen molar-refractivity contribution < 1.29 is 22.3 Å². The predicted molar refractivity (Wildman–Crippen MR) is 121 cm³/mol. The van der Waals surface area contributed by atoms with Gasteiger partial charge in [-0.15, -0.1) is 0 Å². The summed E-state index contributed by atoms with van der Waals surface area (Å²) in [5.74, 6) is 0.303. The Morgan fingerprint density at radius 2 is 1.52 bits per heavy atom. The van der Waals surface area contributed by atoms with E-state index in [-0.39, 0.29) is 11.9 Å². The van der Waals surface area contributed by atoms with Crippen LogP contribution in [-0.2, 0) is 6.18 Å². The van der Waals surface area contributed by atoms with E-state index in [9.17, 15) is 17.6 Å². The van der Waals surface area contributed by atoms with Crippen LogP contribution in [0.3, 0.4) is 0 Å². The molecule has 3 nitrogen and oxygen atoms in total. The Hall–Kier alpha value is -3.06. The molecule has 7 heteroatoms. The minimum atomic E-state index is -4.34. The zero-order chi connectivity index (χ0) is 23.3. The molecule has 0 saturated carbocycles. The highest BCUT2D eigenvalue weighted by Gasteiger charge is 2.31. The van der Waals surface area contributed by atoms with Gasteiger partial charge in [-0.3, -0.25) is 4.90 Å². The molecule has 33 heavy (non-hydrogen) atoms. The number of nitrogens with zero attached hydrogens (tertiary/aromatic N) is 2. The Kier molecular flexibility index (Phi) is 7.18. The third-order valence-electron chi connectivity index (χ3n) is 5.88. The second-order valence-corrected chi connectivity index (χ2v) is 8.14. The number of hydrogen-bond donors (Lipinski definition) is 0. The molecule has 0 aromatic heterocycles. The lowest BCUT2D eigenvalue weighted by Gasteiger charge is -2.37. The van der Waals surface area contributed by atoms with Crippen molar-refractivity contribution in [2.24, 2.45) is 0 Å². The third-order valence-corrected chi connectivity index (χ3v) is 5.88. The summed E-state index contributed by atoms with van der Waals surface area (Å²) in [7, 11) is 0. The highest BCUT2D eigenvalue weighted by molar-refractivity contribution is 5.49. The second kappa shape index (κ2) is 10.3. The summed E-state index contributed by atoms with van der Waals surface area (Å²) in [6, 6.07) is 21.4. The molecule has 0 spiro atoms. The molecule has 3 aromatic rings. The van der Waals surface area contributed by atoms with Crippen LogP contribution < -0.4 is 9.64 Å². The van der Waals surface area contributed by atoms with E-state index < -0.39 is 11.7 Å². The van der Waals surface area contributed by atoms with Crippen molar-refractivity contribution in [2.45, 2.75) is 18.7 Å². The van der Waals surface area contributed by atoms with Gasteiger partial charge in [-0.05, 0) is 48.0 Å². The van der Waals surface area contributed by atoms with Crippen LogP contribution in [0.1, 0.15) is 23.7 Å². The average molecular weight is 458 g/mol. The lowest BCUT2D eigenvalue weighted by Crippen LogP contribution is -2.47. The molecule has 3 aromatic carbocycles. The van der Waals surface area contributed by atoms with Crippen molar-refractivity contribution in [2.75, 3.05) is 37.6 Å². The Morgan fingerprint density at radius 3 is 2.18 bits per heavy atom. The zero-order valence-corrected chi connectivity index (χ0v) is 18.1. The SMILES string of the molecule is Fc1ccc(OC(CCN2CCN(c3cccc(C(F)(F)F)c3)CC2)c2ccccc2)cc1. The van der Waals surface area contributed by atoms with Gasteiger partial charge >= 0.3 is 6.18 Å². The highest BCUT2D eigenvalue weighted by atomic mass is 19.4. The monoisotopic (exact) mass is 458 g/mol. The maximum absolute atomic E-state index is 13.3. The highest BCUT2D eigenvalue weighted by Crippen LogP contribution is 2.32. The Morgan fingerprint density at radius 1 is 0.818 bits per heavy atom. The van der Waals surface area contributed by atoms with Gasteiger partial charge in [0.15, 0.2) is 0 Å². The lowest BCUT2D eigenvalue weighted by atomic mass is 10.1. The number of anilines is 1. The number of piperazine rings is 1. The van der Waals surface area contributed by atoms with Gasteiger partial charge in [-0.2, -0.15) is 13.2 Å². The molecule has 1 heterocycles. The Labute approximate surface area is 191 Å². The maximum atomic E-state index is 13.3. The van der Waals surface area contributed by atoms with Crippen molar-refractivity contribution in [1.29, 1.82) is 0 Å². The van der Waals surface area contributed by atoms with Gasteiger partial charge in [0, 0.05) is 44.8 Å². The van der Waals surface area contributed by atoms with E-state index in [2.05, 4.69) is 4.90 Å². The summed E-state index contributed by atoms with van der Waals surface area (Å²) < 4.78 is 58.5. The van der Waals surface area contributed by atoms with Crippen LogP contribution in [0.5, 0.6) is 5.75 Å². The van der Waals surface area contributed by atoms with Crippen LogP contribution >= 0.6 is 0 Å². The molecule has 4 rings (SSSR count). The molecule has 1 unspecified atom stereocenters. The predicted octanol–water partition coefficient (Wildman–Crippen LogP) is 6.18. The van der Waals surface area contributed by atoms with Gasteiger partial charge in [0.2, 0.25) is 0 Å². The normalized spacial score (nSPS) is 15.9. The van der Waals surface area contributed by atoms with Crippen molar-refractivity contribution in [3.8, 4) is 5.75 Å². The van der Waals surface area contributed by atoms with Crippen LogP contribution in [0.2, 0.25) is 0 Å². The molecule has 1 atom stereocenters. The summed E-state index contributed by atoms with van der Waals surface area (Å²) in [5.41, 5.74) is 1.03. The summed E-state index contributed by atoms with van der Waals surface area (Å²) in [6.07, 6.45) is -3.78. The largest absolute Gasteiger partial charge is 0.486 e. The summed E-state index contributed by atoms with van der Waals surface area (Å²) in [5, 5.41) is 0. The van der Waals surface area contributed by atoms with E-state index in [0.717, 1.165) is 37.7 Å². The number of hydrogen-bond acceptors (Lipinski definition) is 3. The molecular weight excluding hydrogens is 432 g/mol. The van der Waals surface area contributed by atoms with Crippen LogP contribution in [0, 0.1) is 5.82 Å². The van der Waals surface area contributed by atoms with Crippen LogP contribution in [0.4, 0.5) is 23.2 Å². The molecule has 0 aliphatic carbocycles. The Bertz CT molecular complexity index is 1020. The fourth-order valence-corrected chi connectivity index (χ4v) is 4.05. The third kappa shape index (κ3) is 6.26. The molecule has 1 aliphatic rings. The molecule has 174 valence electrons. The number of benzene rings is 3. The van der Waals surface area contributed by atoms with Gasteiger partial charge in [0.25, 0.3) is 0 Å². The van der Waals surface area contributed by atoms with E-state index in [1.807, 2.05) is 35.2 Å². The average Bonchev–Trinajstić information content (AvgIpc) is 2.83. The first-order chi connectivity index (χ1) is 15.9. The van der Waals surface area contributed by atoms with Gasteiger partial charge < -0.3 is 9.64 Å². The van der Waals surface area contributed by atoms with Crippen LogP contribution in [0.25, 0.3) is 0 Å². The van der Waals surface area contributed by atoms with Crippen molar-refractivity contribution in [3.63, 3.8) is 0 Å². The standard InChI is InChI=1S/C26H26F4N2O/c27-22-9-11-24(12-10-22)33-25(20-5-2-1-3-6-20)13-14-31-15-17-32(18-16-31)23-8-4-7-21(19-23)26(28,29)30/h1-12,19,25H,13-18H2. The molecule has 1 fully saturated rings. The first kappa shape index (κ1) is 23.1. The molecule has 0 radical (unpaired) electrons. The molecule has 0 amide bonds. The first-order valence-corrected chi connectivity index (χ1v) is 11.0. The molecular formula is C26H26F4N2O. The smallest absolute Gasteiger partial charge is 0.416 e. The minimum absolute atomic E-state index is 0.182. The van der Waals surface area contributed by atoms with Crippen LogP contribution in [0.15, 0.2) is 78.9 Å². The summed E-state index contributed by atoms with van der Waals surface area (Å²) in [6.45, 7) is 3.63. The van der Waals surface area contributed by atoms with Crippen molar-refractivity contribution in [1.82, 2.24) is 4.90 Å². The number of halogens is 4. The minimum Gasteiger partial charge on any atom is -0.486 e. The van der Waals surface area contributed by atoms with E-state index in [1.54, 1.807) is 18.2 Å². The second-order valence-electron chi connectivity index (χ2n) is 8.14. The van der Waals surface area contributed by atoms with E-state index in [1.165, 1.54) is 24.3 Å². The van der Waals surface area contributed by atoms with E-state index >= 15 is 0 Å². The first-order valence-electron chi connectivity index (χ1n) is 11.0. The number of rotatable bonds is 7. The van der Waals surface area contributed by atoms with E-state index in [0.29, 0.717) is 24.5 Å². The van der Waals surface area contributed by atoms with Gasteiger partial charge in [0.05, 0.1) is 5.56 Å². The Balaban J connectivity index is 1.35. The van der Waals surface area contributed by atoms with Crippen molar-refractivity contribution >= 4 is 5.69 Å². The lowest BCUT2D eigenvalue weighted by molar-refractivity contribution is -0.137. The quantitative estimate of drug-likeness (QED) is 0.394. The molecule has 0 bridgehead atoms. The van der Waals surface area contributed by atoms with Crippen LogP contribution in [-0.4, -0.2) is 37.6 Å².